The van der Waals surface area contributed by atoms with Crippen molar-refractivity contribution in [3.8, 4) is 5.75 Å². The highest BCUT2D eigenvalue weighted by Crippen LogP contribution is 2.30. The van der Waals surface area contributed by atoms with Crippen molar-refractivity contribution in [1.29, 1.82) is 0 Å². The number of anilines is 2. The summed E-state index contributed by atoms with van der Waals surface area (Å²) >= 11 is 0. The van der Waals surface area contributed by atoms with Crippen LogP contribution in [0.1, 0.15) is 34.4 Å². The van der Waals surface area contributed by atoms with Crippen molar-refractivity contribution in [3.63, 3.8) is 0 Å². The molecule has 0 spiro atoms. The quantitative estimate of drug-likeness (QED) is 0.788. The summed E-state index contributed by atoms with van der Waals surface area (Å²) in [6.45, 7) is 2.55. The van der Waals surface area contributed by atoms with Gasteiger partial charge in [-0.1, -0.05) is 6.07 Å². The minimum Gasteiger partial charge on any atom is -0.496 e. The van der Waals surface area contributed by atoms with Crippen molar-refractivity contribution in [3.05, 3.63) is 40.1 Å². The van der Waals surface area contributed by atoms with Gasteiger partial charge in [0, 0.05) is 30.6 Å². The van der Waals surface area contributed by atoms with Crippen LogP contribution in [0.4, 0.5) is 11.8 Å². The number of rotatable bonds is 4. The van der Waals surface area contributed by atoms with Crippen molar-refractivity contribution in [2.45, 2.75) is 38.6 Å². The van der Waals surface area contributed by atoms with E-state index in [9.17, 15) is 0 Å². The first-order valence-corrected chi connectivity index (χ1v) is 9.03. The smallest absolute Gasteiger partial charge is 0.222 e. The summed E-state index contributed by atoms with van der Waals surface area (Å²) in [7, 11) is 1.74. The molecule has 1 aliphatic carbocycles. The van der Waals surface area contributed by atoms with Crippen LogP contribution in [0.2, 0.25) is 0 Å². The number of fused-ring (bicyclic) bond motifs is 2. The van der Waals surface area contributed by atoms with Gasteiger partial charge in [-0.25, -0.2) is 4.98 Å². The van der Waals surface area contributed by atoms with Crippen molar-refractivity contribution >= 4 is 11.8 Å². The number of aromatic nitrogens is 2. The van der Waals surface area contributed by atoms with Gasteiger partial charge in [0.1, 0.15) is 11.6 Å². The van der Waals surface area contributed by atoms with Crippen LogP contribution in [-0.4, -0.2) is 30.2 Å². The van der Waals surface area contributed by atoms with E-state index >= 15 is 0 Å². The molecule has 1 aromatic heterocycles. The summed E-state index contributed by atoms with van der Waals surface area (Å²) in [4.78, 5) is 8.89. The third-order valence-corrected chi connectivity index (χ3v) is 5.14. The molecule has 2 heterocycles. The normalized spacial score (nSPS) is 16.0. The highest BCUT2D eigenvalue weighted by molar-refractivity contribution is 5.52. The first-order valence-electron chi connectivity index (χ1n) is 9.03. The Balaban J connectivity index is 1.61. The van der Waals surface area contributed by atoms with E-state index in [4.69, 9.17) is 10.5 Å². The average Bonchev–Trinajstić information content (AvgIpc) is 2.94. The minimum absolute atomic E-state index is 0.337. The number of nitrogen functional groups attached to an aromatic ring is 1. The monoisotopic (exact) mass is 339 g/mol. The summed E-state index contributed by atoms with van der Waals surface area (Å²) in [5.41, 5.74) is 12.2. The lowest BCUT2D eigenvalue weighted by Crippen LogP contribution is -2.16. The fourth-order valence-electron chi connectivity index (χ4n) is 3.87. The molecule has 0 amide bonds. The van der Waals surface area contributed by atoms with Gasteiger partial charge in [0.05, 0.1) is 12.8 Å². The van der Waals surface area contributed by atoms with Gasteiger partial charge in [-0.3, -0.25) is 0 Å². The Morgan fingerprint density at radius 2 is 1.92 bits per heavy atom. The van der Waals surface area contributed by atoms with E-state index < -0.39 is 0 Å². The molecule has 6 nitrogen and oxygen atoms in total. The van der Waals surface area contributed by atoms with Crippen LogP contribution in [0.5, 0.6) is 5.75 Å². The van der Waals surface area contributed by atoms with Crippen molar-refractivity contribution < 1.29 is 4.74 Å². The summed E-state index contributed by atoms with van der Waals surface area (Å²) in [5.74, 6) is 2.14. The van der Waals surface area contributed by atoms with E-state index in [-0.39, 0.29) is 0 Å². The summed E-state index contributed by atoms with van der Waals surface area (Å²) < 4.78 is 5.61. The number of nitrogens with two attached hydrogens (primary N) is 1. The van der Waals surface area contributed by atoms with Crippen LogP contribution in [0.15, 0.2) is 12.1 Å². The van der Waals surface area contributed by atoms with Crippen LogP contribution in [-0.2, 0) is 32.2 Å². The Morgan fingerprint density at radius 1 is 1.12 bits per heavy atom. The molecule has 0 saturated heterocycles. The first kappa shape index (κ1) is 16.1. The Labute approximate surface area is 148 Å². The number of nitrogens with zero attached hydrogens (tertiary/aromatic N) is 2. The standard InChI is InChI=1S/C19H25N5O/c1-25-17-10-13-4-2-3-12(13)9-14(17)11-22-18-15-5-7-21-8-6-16(15)23-19(20)24-18/h9-10,21H,2-8,11H2,1H3,(H3,20,22,23,24). The number of hydrogen-bond acceptors (Lipinski definition) is 6. The highest BCUT2D eigenvalue weighted by Gasteiger charge is 2.18. The number of hydrogen-bond donors (Lipinski definition) is 3. The lowest BCUT2D eigenvalue weighted by molar-refractivity contribution is 0.410. The second-order valence-corrected chi connectivity index (χ2v) is 6.75. The van der Waals surface area contributed by atoms with E-state index in [1.165, 1.54) is 28.7 Å². The molecule has 0 atom stereocenters. The zero-order valence-electron chi connectivity index (χ0n) is 14.7. The summed E-state index contributed by atoms with van der Waals surface area (Å²) in [6, 6.07) is 4.47. The summed E-state index contributed by atoms with van der Waals surface area (Å²) in [6.07, 6.45) is 5.35. The number of benzene rings is 1. The van der Waals surface area contributed by atoms with Gasteiger partial charge in [0.25, 0.3) is 0 Å². The Morgan fingerprint density at radius 3 is 2.76 bits per heavy atom. The van der Waals surface area contributed by atoms with Crippen LogP contribution >= 0.6 is 0 Å². The molecule has 0 bridgehead atoms. The van der Waals surface area contributed by atoms with Gasteiger partial charge in [-0.15, -0.1) is 0 Å². The molecule has 1 aliphatic heterocycles. The van der Waals surface area contributed by atoms with Crippen LogP contribution in [0.3, 0.4) is 0 Å². The molecule has 25 heavy (non-hydrogen) atoms. The van der Waals surface area contributed by atoms with Crippen molar-refractivity contribution in [2.75, 3.05) is 31.2 Å². The second kappa shape index (κ2) is 6.88. The van der Waals surface area contributed by atoms with E-state index in [1.807, 2.05) is 0 Å². The van der Waals surface area contributed by atoms with Gasteiger partial charge >= 0.3 is 0 Å². The minimum atomic E-state index is 0.337. The molecular formula is C19H25N5O. The fraction of sp³-hybridized carbons (Fsp3) is 0.474. The molecule has 4 N–H and O–H groups in total. The number of methoxy groups -OCH3 is 1. The lowest BCUT2D eigenvalue weighted by Gasteiger charge is -2.16. The number of ether oxygens (including phenoxy) is 1. The van der Waals surface area contributed by atoms with Gasteiger partial charge in [0.15, 0.2) is 0 Å². The Hall–Kier alpha value is -2.34. The fourth-order valence-corrected chi connectivity index (χ4v) is 3.87. The molecule has 1 aromatic carbocycles. The SMILES string of the molecule is COc1cc2c(cc1CNc1nc(N)nc3c1CCNCC3)CCC2. The second-order valence-electron chi connectivity index (χ2n) is 6.75. The molecule has 0 radical (unpaired) electrons. The average molecular weight is 339 g/mol. The molecule has 0 saturated carbocycles. The van der Waals surface area contributed by atoms with Crippen molar-refractivity contribution in [2.24, 2.45) is 0 Å². The zero-order valence-corrected chi connectivity index (χ0v) is 14.7. The lowest BCUT2D eigenvalue weighted by atomic mass is 10.0. The topological polar surface area (TPSA) is 85.1 Å². The Kier molecular flexibility index (Phi) is 4.44. The van der Waals surface area contributed by atoms with Gasteiger partial charge < -0.3 is 21.1 Å². The van der Waals surface area contributed by atoms with Gasteiger partial charge in [-0.2, -0.15) is 4.98 Å². The molecule has 132 valence electrons. The maximum Gasteiger partial charge on any atom is 0.222 e. The molecule has 6 heteroatoms. The van der Waals surface area contributed by atoms with Crippen molar-refractivity contribution in [1.82, 2.24) is 15.3 Å². The van der Waals surface area contributed by atoms with E-state index in [1.54, 1.807) is 7.11 Å². The molecule has 2 aromatic rings. The highest BCUT2D eigenvalue weighted by atomic mass is 16.5. The molecule has 2 aliphatic rings. The van der Waals surface area contributed by atoms with E-state index in [0.717, 1.165) is 56.0 Å². The summed E-state index contributed by atoms with van der Waals surface area (Å²) in [5, 5.41) is 6.89. The number of aryl methyl sites for hydroxylation is 2. The van der Waals surface area contributed by atoms with Gasteiger partial charge in [0.2, 0.25) is 5.95 Å². The predicted octanol–water partition coefficient (Wildman–Crippen LogP) is 1.86. The number of nitrogens with one attached hydrogen (secondary N) is 2. The zero-order chi connectivity index (χ0) is 17.2. The van der Waals surface area contributed by atoms with Crippen LogP contribution < -0.4 is 21.1 Å². The molecule has 4 rings (SSSR count). The molecule has 0 unspecified atom stereocenters. The van der Waals surface area contributed by atoms with Crippen LogP contribution in [0, 0.1) is 0 Å². The third-order valence-electron chi connectivity index (χ3n) is 5.14. The molecule has 0 fully saturated rings. The Bertz CT molecular complexity index is 790. The maximum atomic E-state index is 5.93. The first-order chi connectivity index (χ1) is 12.2. The van der Waals surface area contributed by atoms with Gasteiger partial charge in [-0.05, 0) is 49.4 Å². The largest absolute Gasteiger partial charge is 0.496 e. The predicted molar refractivity (Wildman–Crippen MR) is 99.1 cm³/mol. The van der Waals surface area contributed by atoms with E-state index in [0.29, 0.717) is 12.5 Å². The molecular weight excluding hydrogens is 314 g/mol. The maximum absolute atomic E-state index is 5.93. The third kappa shape index (κ3) is 3.26. The van der Waals surface area contributed by atoms with E-state index in [2.05, 4.69) is 32.7 Å². The van der Waals surface area contributed by atoms with Crippen LogP contribution in [0.25, 0.3) is 0 Å².